The Morgan fingerprint density at radius 2 is 1.79 bits per heavy atom. The van der Waals surface area contributed by atoms with Crippen LogP contribution in [0.4, 0.5) is 10.1 Å². The van der Waals surface area contributed by atoms with Crippen molar-refractivity contribution in [2.45, 2.75) is 25.8 Å². The molecule has 0 bridgehead atoms. The van der Waals surface area contributed by atoms with Crippen molar-refractivity contribution in [1.82, 2.24) is 13.7 Å². The fourth-order valence-corrected chi connectivity index (χ4v) is 5.47. The van der Waals surface area contributed by atoms with E-state index in [1.807, 2.05) is 4.90 Å². The summed E-state index contributed by atoms with van der Waals surface area (Å²) >= 11 is 6.53. The number of aryl methyl sites for hydroxylation is 2. The lowest BCUT2D eigenvalue weighted by Crippen LogP contribution is -2.45. The van der Waals surface area contributed by atoms with Crippen LogP contribution in [-0.4, -0.2) is 37.9 Å². The van der Waals surface area contributed by atoms with Crippen molar-refractivity contribution in [3.05, 3.63) is 86.2 Å². The molecule has 1 aliphatic heterocycles. The molecule has 2 aromatic carbocycles. The molecule has 0 amide bonds. The van der Waals surface area contributed by atoms with Crippen molar-refractivity contribution in [2.24, 2.45) is 19.8 Å². The number of rotatable bonds is 4. The number of halogens is 2. The zero-order valence-corrected chi connectivity index (χ0v) is 22.2. The van der Waals surface area contributed by atoms with E-state index in [1.54, 1.807) is 57.8 Å². The van der Waals surface area contributed by atoms with Gasteiger partial charge in [-0.2, -0.15) is 0 Å². The molecule has 0 saturated carbocycles. The number of imidazole rings is 1. The molecule has 1 atom stereocenters. The molecule has 0 radical (unpaired) electrons. The van der Waals surface area contributed by atoms with Crippen LogP contribution in [0.1, 0.15) is 18.4 Å². The average molecular weight is 538 g/mol. The van der Waals surface area contributed by atoms with Gasteiger partial charge in [-0.25, -0.2) is 9.18 Å². The molecule has 0 aliphatic carbocycles. The number of nitrogens with two attached hydrogens (primary N) is 1. The van der Waals surface area contributed by atoms with Crippen molar-refractivity contribution in [2.75, 3.05) is 18.0 Å². The Bertz CT molecular complexity index is 1670. The topological polar surface area (TPSA) is 98.4 Å². The third-order valence-electron chi connectivity index (χ3n) is 7.21. The van der Waals surface area contributed by atoms with Gasteiger partial charge in [0.2, 0.25) is 0 Å². The quantitative estimate of drug-likeness (QED) is 0.411. The summed E-state index contributed by atoms with van der Waals surface area (Å²) in [4.78, 5) is 27.5. The second-order valence-corrected chi connectivity index (χ2v) is 10.3. The predicted octanol–water partition coefficient (Wildman–Crippen LogP) is 3.94. The van der Waals surface area contributed by atoms with Gasteiger partial charge >= 0.3 is 5.69 Å². The van der Waals surface area contributed by atoms with E-state index in [-0.39, 0.29) is 39.2 Å². The molecule has 1 aliphatic rings. The van der Waals surface area contributed by atoms with Gasteiger partial charge in [-0.1, -0.05) is 17.7 Å². The molecule has 10 heteroatoms. The number of nitrogens with zero attached hydrogens (tertiary/aromatic N) is 4. The third kappa shape index (κ3) is 4.41. The molecule has 8 nitrogen and oxygen atoms in total. The van der Waals surface area contributed by atoms with Gasteiger partial charge < -0.3 is 24.9 Å². The second kappa shape index (κ2) is 9.81. The Labute approximate surface area is 223 Å². The van der Waals surface area contributed by atoms with Crippen LogP contribution in [0.3, 0.4) is 0 Å². The van der Waals surface area contributed by atoms with Crippen LogP contribution in [0.2, 0.25) is 5.02 Å². The van der Waals surface area contributed by atoms with E-state index in [0.29, 0.717) is 41.2 Å². The highest BCUT2D eigenvalue weighted by Crippen LogP contribution is 2.42. The molecular weight excluding hydrogens is 509 g/mol. The minimum absolute atomic E-state index is 0.0369. The number of phenolic OH excluding ortho intramolecular Hbond substituents is 1. The average Bonchev–Trinajstić information content (AvgIpc) is 3.20. The molecule has 0 spiro atoms. The summed E-state index contributed by atoms with van der Waals surface area (Å²) in [6, 6.07) is 7.37. The first-order valence-corrected chi connectivity index (χ1v) is 12.7. The highest BCUT2D eigenvalue weighted by Gasteiger charge is 2.25. The van der Waals surface area contributed by atoms with Crippen LogP contribution < -0.4 is 21.9 Å². The molecule has 3 heterocycles. The highest BCUT2D eigenvalue weighted by atomic mass is 35.5. The Balaban J connectivity index is 1.64. The third-order valence-corrected chi connectivity index (χ3v) is 7.51. The lowest BCUT2D eigenvalue weighted by Gasteiger charge is -2.33. The number of benzene rings is 2. The molecule has 2 aromatic heterocycles. The van der Waals surface area contributed by atoms with Gasteiger partial charge in [-0.3, -0.25) is 9.36 Å². The lowest BCUT2D eigenvalue weighted by molar-refractivity contribution is 0.477. The molecule has 1 fully saturated rings. The maximum atomic E-state index is 15.0. The van der Waals surface area contributed by atoms with Gasteiger partial charge in [0.05, 0.1) is 10.7 Å². The molecular formula is C28H29ClFN5O3. The van der Waals surface area contributed by atoms with Crippen LogP contribution >= 0.6 is 11.6 Å². The van der Waals surface area contributed by atoms with E-state index >= 15 is 4.39 Å². The number of anilines is 1. The largest absolute Gasteiger partial charge is 0.507 e. The van der Waals surface area contributed by atoms with Crippen molar-refractivity contribution in [3.63, 3.8) is 0 Å². The Morgan fingerprint density at radius 3 is 2.45 bits per heavy atom. The number of aromatic hydroxyl groups is 1. The standard InChI is InChI=1S/C28H29ClFN5O3/c1-16-22(15-33(3)27(37)25(16)34-8-4-5-19(31)14-34)21-13-18(30)12-20(26(21)36)17-6-7-24(23(29)11-17)35-10-9-32(2)28(35)38/h6-7,9-13,15,19,36H,4-5,8,14,31H2,1-3H3/t19-/m0/s1. The van der Waals surface area contributed by atoms with Gasteiger partial charge in [-0.15, -0.1) is 0 Å². The Morgan fingerprint density at radius 1 is 1.05 bits per heavy atom. The fourth-order valence-electron chi connectivity index (χ4n) is 5.20. The van der Waals surface area contributed by atoms with Crippen LogP contribution in [0.5, 0.6) is 5.75 Å². The van der Waals surface area contributed by atoms with E-state index in [0.717, 1.165) is 12.8 Å². The molecule has 1 saturated heterocycles. The van der Waals surface area contributed by atoms with Crippen molar-refractivity contribution >= 4 is 17.3 Å². The minimum atomic E-state index is -0.554. The van der Waals surface area contributed by atoms with Gasteiger partial charge in [0.25, 0.3) is 5.56 Å². The normalized spacial score (nSPS) is 15.7. The summed E-state index contributed by atoms with van der Waals surface area (Å²) in [5, 5.41) is 11.7. The van der Waals surface area contributed by atoms with E-state index in [1.165, 1.54) is 25.8 Å². The highest BCUT2D eigenvalue weighted by molar-refractivity contribution is 6.32. The van der Waals surface area contributed by atoms with Crippen molar-refractivity contribution in [1.29, 1.82) is 0 Å². The molecule has 38 heavy (non-hydrogen) atoms. The predicted molar refractivity (Wildman–Crippen MR) is 148 cm³/mol. The first kappa shape index (κ1) is 25.8. The van der Waals surface area contributed by atoms with Crippen LogP contribution in [-0.2, 0) is 14.1 Å². The van der Waals surface area contributed by atoms with Gasteiger partial charge in [0.1, 0.15) is 17.3 Å². The number of phenols is 1. The summed E-state index contributed by atoms with van der Waals surface area (Å²) < 4.78 is 19.3. The first-order valence-electron chi connectivity index (χ1n) is 12.3. The van der Waals surface area contributed by atoms with Crippen molar-refractivity contribution < 1.29 is 9.50 Å². The van der Waals surface area contributed by atoms with E-state index < -0.39 is 5.82 Å². The second-order valence-electron chi connectivity index (χ2n) is 9.86. The summed E-state index contributed by atoms with van der Waals surface area (Å²) in [6.07, 6.45) is 6.61. The monoisotopic (exact) mass is 537 g/mol. The molecule has 198 valence electrons. The number of hydrogen-bond donors (Lipinski definition) is 2. The summed E-state index contributed by atoms with van der Waals surface area (Å²) in [5.41, 5.74) is 8.88. The number of pyridine rings is 1. The van der Waals surface area contributed by atoms with Crippen LogP contribution in [0.15, 0.2) is 58.5 Å². The summed E-state index contributed by atoms with van der Waals surface area (Å²) in [7, 11) is 3.28. The fraction of sp³-hybridized carbons (Fsp3) is 0.286. The smallest absolute Gasteiger partial charge is 0.332 e. The van der Waals surface area contributed by atoms with E-state index in [4.69, 9.17) is 17.3 Å². The zero-order chi connectivity index (χ0) is 27.3. The number of piperidine rings is 1. The molecule has 3 N–H and O–H groups in total. The maximum Gasteiger partial charge on any atom is 0.332 e. The van der Waals surface area contributed by atoms with Crippen LogP contribution in [0, 0.1) is 12.7 Å². The minimum Gasteiger partial charge on any atom is -0.507 e. The summed E-state index contributed by atoms with van der Waals surface area (Å²) in [6.45, 7) is 3.05. The van der Waals surface area contributed by atoms with Gasteiger partial charge in [-0.05, 0) is 55.2 Å². The zero-order valence-electron chi connectivity index (χ0n) is 21.4. The first-order chi connectivity index (χ1) is 18.1. The summed E-state index contributed by atoms with van der Waals surface area (Å²) in [5.74, 6) is -0.697. The van der Waals surface area contributed by atoms with E-state index in [2.05, 4.69) is 0 Å². The molecule has 5 rings (SSSR count). The Kier molecular flexibility index (Phi) is 6.66. The molecule has 4 aromatic rings. The van der Waals surface area contributed by atoms with Gasteiger partial charge in [0.15, 0.2) is 0 Å². The van der Waals surface area contributed by atoms with Gasteiger partial charge in [0, 0.05) is 68.5 Å². The Hall–Kier alpha value is -3.82. The SMILES string of the molecule is Cc1c(-c2cc(F)cc(-c3ccc(-n4ccn(C)c4=O)c(Cl)c3)c2O)cn(C)c(=O)c1N1CCC[C@H](N)C1. The maximum absolute atomic E-state index is 15.0. The number of hydrogen-bond acceptors (Lipinski definition) is 5. The number of aromatic nitrogens is 3. The van der Waals surface area contributed by atoms with Crippen LogP contribution in [0.25, 0.3) is 27.9 Å². The molecule has 0 unspecified atom stereocenters. The van der Waals surface area contributed by atoms with E-state index in [9.17, 15) is 14.7 Å². The van der Waals surface area contributed by atoms with Crippen molar-refractivity contribution in [3.8, 4) is 33.7 Å². The lowest BCUT2D eigenvalue weighted by atomic mass is 9.94.